The van der Waals surface area contributed by atoms with Gasteiger partial charge in [-0.05, 0) is 56.1 Å². The highest BCUT2D eigenvalue weighted by Gasteiger charge is 2.16. The van der Waals surface area contributed by atoms with Crippen LogP contribution in [0.15, 0.2) is 57.0 Å². The molecule has 0 aliphatic carbocycles. The Kier molecular flexibility index (Phi) is 7.23. The zero-order chi connectivity index (χ0) is 19.1. The third-order valence-corrected chi connectivity index (χ3v) is 5.37. The van der Waals surface area contributed by atoms with Gasteiger partial charge in [-0.25, -0.2) is 4.79 Å². The van der Waals surface area contributed by atoms with Gasteiger partial charge in [0.2, 0.25) is 0 Å². The fourth-order valence-corrected chi connectivity index (χ4v) is 2.96. The minimum absolute atomic E-state index is 0.180. The van der Waals surface area contributed by atoms with Crippen molar-refractivity contribution < 1.29 is 19.4 Å². The SMILES string of the molecule is C=CCOc1c(OC)cc(/C=N/Nc2cccc(C(=O)O)c2)c(Br)c1Br. The Hall–Kier alpha value is -2.32. The molecule has 0 aliphatic rings. The van der Waals surface area contributed by atoms with Crippen molar-refractivity contribution in [2.45, 2.75) is 0 Å². The predicted molar refractivity (Wildman–Crippen MR) is 109 cm³/mol. The molecular weight excluding hydrogens is 468 g/mol. The number of hydrazone groups is 1. The van der Waals surface area contributed by atoms with Gasteiger partial charge in [0, 0.05) is 10.0 Å². The first-order valence-electron chi connectivity index (χ1n) is 7.40. The van der Waals surface area contributed by atoms with Gasteiger partial charge in [0.25, 0.3) is 0 Å². The number of carboxylic acid groups (broad SMARTS) is 1. The zero-order valence-electron chi connectivity index (χ0n) is 13.8. The number of halogens is 2. The number of carboxylic acids is 1. The van der Waals surface area contributed by atoms with Gasteiger partial charge in [-0.15, -0.1) is 0 Å². The molecular formula is C18H16Br2N2O4. The number of nitrogens with one attached hydrogen (secondary N) is 1. The number of aromatic carboxylic acids is 1. The molecule has 0 aliphatic heterocycles. The first-order chi connectivity index (χ1) is 12.5. The van der Waals surface area contributed by atoms with Gasteiger partial charge >= 0.3 is 5.97 Å². The predicted octanol–water partition coefficient (Wildman–Crippen LogP) is 4.93. The zero-order valence-corrected chi connectivity index (χ0v) is 17.0. The number of methoxy groups -OCH3 is 1. The number of carbonyl (C=O) groups is 1. The molecule has 0 saturated carbocycles. The van der Waals surface area contributed by atoms with E-state index in [0.29, 0.717) is 28.3 Å². The second-order valence-electron chi connectivity index (χ2n) is 4.98. The lowest BCUT2D eigenvalue weighted by molar-refractivity contribution is 0.0697. The van der Waals surface area contributed by atoms with Crippen LogP contribution in [0.4, 0.5) is 5.69 Å². The number of ether oxygens (including phenoxy) is 2. The van der Waals surface area contributed by atoms with E-state index in [-0.39, 0.29) is 5.56 Å². The average molecular weight is 484 g/mol. The van der Waals surface area contributed by atoms with E-state index in [9.17, 15) is 4.79 Å². The van der Waals surface area contributed by atoms with Crippen LogP contribution in [0.1, 0.15) is 15.9 Å². The Labute approximate surface area is 167 Å². The fraction of sp³-hybridized carbons (Fsp3) is 0.111. The molecule has 0 fully saturated rings. The summed E-state index contributed by atoms with van der Waals surface area (Å²) < 4.78 is 12.4. The van der Waals surface area contributed by atoms with Crippen molar-refractivity contribution in [2.24, 2.45) is 5.10 Å². The van der Waals surface area contributed by atoms with Gasteiger partial charge in [-0.3, -0.25) is 5.43 Å². The van der Waals surface area contributed by atoms with E-state index in [2.05, 4.69) is 49.0 Å². The van der Waals surface area contributed by atoms with Crippen LogP contribution in [0.25, 0.3) is 0 Å². The van der Waals surface area contributed by atoms with E-state index in [1.165, 1.54) is 12.1 Å². The first-order valence-corrected chi connectivity index (χ1v) is 8.98. The lowest BCUT2D eigenvalue weighted by Crippen LogP contribution is -2.00. The Bertz CT molecular complexity index is 853. The molecule has 2 aromatic rings. The second-order valence-corrected chi connectivity index (χ2v) is 6.57. The molecule has 8 heteroatoms. The highest BCUT2D eigenvalue weighted by molar-refractivity contribution is 9.13. The normalized spacial score (nSPS) is 10.6. The lowest BCUT2D eigenvalue weighted by atomic mass is 10.2. The molecule has 0 heterocycles. The summed E-state index contributed by atoms with van der Waals surface area (Å²) in [4.78, 5) is 11.0. The molecule has 0 amide bonds. The Morgan fingerprint density at radius 3 is 2.77 bits per heavy atom. The average Bonchev–Trinajstić information content (AvgIpc) is 2.64. The highest BCUT2D eigenvalue weighted by Crippen LogP contribution is 2.42. The molecule has 2 N–H and O–H groups in total. The molecule has 0 saturated heterocycles. The van der Waals surface area contributed by atoms with Gasteiger partial charge in [-0.1, -0.05) is 18.7 Å². The standard InChI is InChI=1S/C18H16Br2N2O4/c1-3-7-26-17-14(25-2)9-12(15(19)16(17)20)10-21-22-13-6-4-5-11(8-13)18(23)24/h3-6,8-10,22H,1,7H2,2H3,(H,23,24)/b21-10+. The number of benzene rings is 2. The van der Waals surface area contributed by atoms with Crippen LogP contribution < -0.4 is 14.9 Å². The summed E-state index contributed by atoms with van der Waals surface area (Å²) in [6, 6.07) is 8.14. The molecule has 26 heavy (non-hydrogen) atoms. The fourth-order valence-electron chi connectivity index (χ4n) is 2.03. The number of nitrogens with zero attached hydrogens (tertiary/aromatic N) is 1. The summed E-state index contributed by atoms with van der Waals surface area (Å²) in [6.07, 6.45) is 3.23. The van der Waals surface area contributed by atoms with Gasteiger partial charge in [-0.2, -0.15) is 5.10 Å². The van der Waals surface area contributed by atoms with E-state index < -0.39 is 5.97 Å². The maximum absolute atomic E-state index is 11.0. The van der Waals surface area contributed by atoms with E-state index in [1.807, 2.05) is 0 Å². The maximum atomic E-state index is 11.0. The van der Waals surface area contributed by atoms with Crippen LogP contribution in [0.5, 0.6) is 11.5 Å². The topological polar surface area (TPSA) is 80.2 Å². The highest BCUT2D eigenvalue weighted by atomic mass is 79.9. The van der Waals surface area contributed by atoms with Crippen molar-refractivity contribution in [3.05, 3.63) is 63.1 Å². The molecule has 2 aromatic carbocycles. The molecule has 0 spiro atoms. The van der Waals surface area contributed by atoms with E-state index in [4.69, 9.17) is 14.6 Å². The third-order valence-electron chi connectivity index (χ3n) is 3.23. The number of hydrogen-bond acceptors (Lipinski definition) is 5. The molecule has 136 valence electrons. The summed E-state index contributed by atoms with van der Waals surface area (Å²) in [5, 5.41) is 13.2. The second kappa shape index (κ2) is 9.40. The summed E-state index contributed by atoms with van der Waals surface area (Å²) in [7, 11) is 1.55. The Balaban J connectivity index is 2.24. The third kappa shape index (κ3) is 4.86. The minimum Gasteiger partial charge on any atom is -0.493 e. The summed E-state index contributed by atoms with van der Waals surface area (Å²) >= 11 is 6.98. The van der Waals surface area contributed by atoms with Gasteiger partial charge in [0.15, 0.2) is 11.5 Å². The van der Waals surface area contributed by atoms with Crippen molar-refractivity contribution in [3.8, 4) is 11.5 Å². The van der Waals surface area contributed by atoms with E-state index in [1.54, 1.807) is 37.6 Å². The molecule has 6 nitrogen and oxygen atoms in total. The number of anilines is 1. The van der Waals surface area contributed by atoms with Crippen LogP contribution in [-0.2, 0) is 0 Å². The van der Waals surface area contributed by atoms with Crippen LogP contribution >= 0.6 is 31.9 Å². The largest absolute Gasteiger partial charge is 0.493 e. The van der Waals surface area contributed by atoms with Gasteiger partial charge in [0.1, 0.15) is 6.61 Å². The van der Waals surface area contributed by atoms with Gasteiger partial charge in [0.05, 0.1) is 29.0 Å². The van der Waals surface area contributed by atoms with Crippen LogP contribution in [-0.4, -0.2) is 31.0 Å². The summed E-state index contributed by atoms with van der Waals surface area (Å²) in [6.45, 7) is 3.97. The van der Waals surface area contributed by atoms with Crippen molar-refractivity contribution in [1.29, 1.82) is 0 Å². The van der Waals surface area contributed by atoms with E-state index >= 15 is 0 Å². The molecule has 0 aromatic heterocycles. The molecule has 0 unspecified atom stereocenters. The minimum atomic E-state index is -0.996. The molecule has 0 bridgehead atoms. The summed E-state index contributed by atoms with van der Waals surface area (Å²) in [5.41, 5.74) is 4.29. The summed E-state index contributed by atoms with van der Waals surface area (Å²) in [5.74, 6) is 0.0962. The molecule has 2 rings (SSSR count). The molecule has 0 radical (unpaired) electrons. The number of hydrogen-bond donors (Lipinski definition) is 2. The monoisotopic (exact) mass is 482 g/mol. The van der Waals surface area contributed by atoms with Crippen molar-refractivity contribution in [1.82, 2.24) is 0 Å². The van der Waals surface area contributed by atoms with Crippen LogP contribution in [0.2, 0.25) is 0 Å². The van der Waals surface area contributed by atoms with Gasteiger partial charge < -0.3 is 14.6 Å². The molecule has 0 atom stereocenters. The first kappa shape index (κ1) is 20.0. The Morgan fingerprint density at radius 1 is 1.35 bits per heavy atom. The van der Waals surface area contributed by atoms with Crippen molar-refractivity contribution in [2.75, 3.05) is 19.1 Å². The van der Waals surface area contributed by atoms with Crippen LogP contribution in [0.3, 0.4) is 0 Å². The smallest absolute Gasteiger partial charge is 0.335 e. The quantitative estimate of drug-likeness (QED) is 0.316. The lowest BCUT2D eigenvalue weighted by Gasteiger charge is -2.14. The number of rotatable bonds is 8. The Morgan fingerprint density at radius 2 is 2.12 bits per heavy atom. The van der Waals surface area contributed by atoms with E-state index in [0.717, 1.165) is 10.0 Å². The van der Waals surface area contributed by atoms with Crippen molar-refractivity contribution >= 4 is 49.7 Å². The van der Waals surface area contributed by atoms with Crippen molar-refractivity contribution in [3.63, 3.8) is 0 Å². The van der Waals surface area contributed by atoms with Crippen LogP contribution in [0, 0.1) is 0 Å². The maximum Gasteiger partial charge on any atom is 0.335 e.